The van der Waals surface area contributed by atoms with Crippen LogP contribution < -0.4 is 36.4 Å². The highest BCUT2D eigenvalue weighted by molar-refractivity contribution is 6.02. The molecule has 4 fully saturated rings. The maximum Gasteiger partial charge on any atom is 0.224 e. The molecular weight excluding hydrogens is 1770 g/mol. The van der Waals surface area contributed by atoms with Gasteiger partial charge in [0.1, 0.15) is 44.8 Å². The van der Waals surface area contributed by atoms with E-state index in [2.05, 4.69) is 240 Å². The number of imidazole rings is 5. The van der Waals surface area contributed by atoms with E-state index in [-0.39, 0.29) is 5.91 Å². The van der Waals surface area contributed by atoms with E-state index < -0.39 is 0 Å². The second-order valence-corrected chi connectivity index (χ2v) is 36.8. The van der Waals surface area contributed by atoms with E-state index >= 15 is 0 Å². The number of nitrogens with zero attached hydrogens (tertiary/aromatic N) is 24. The number of aromatic amines is 8. The number of nitrogens with one attached hydrogen (secondary N) is 11. The van der Waals surface area contributed by atoms with Crippen LogP contribution in [0.1, 0.15) is 62.8 Å². The van der Waals surface area contributed by atoms with E-state index in [4.69, 9.17) is 25.7 Å². The minimum Gasteiger partial charge on any atom is -0.397 e. The summed E-state index contributed by atoms with van der Waals surface area (Å²) in [6.07, 6.45) is 39.0. The molecule has 710 valence electrons. The van der Waals surface area contributed by atoms with Crippen LogP contribution in [0.3, 0.4) is 0 Å². The van der Waals surface area contributed by atoms with E-state index in [1.165, 1.54) is 31.2 Å². The summed E-state index contributed by atoms with van der Waals surface area (Å²) in [5.74, 6) is 3.62. The number of anilines is 5. The van der Waals surface area contributed by atoms with Gasteiger partial charge in [-0.3, -0.25) is 65.1 Å². The minimum absolute atomic E-state index is 0.0446. The van der Waals surface area contributed by atoms with Gasteiger partial charge in [-0.2, -0.15) is 20.4 Å². The number of likely N-dealkylation sites (N-methyl/N-ethyl adjacent to an activating group) is 3. The van der Waals surface area contributed by atoms with E-state index in [9.17, 15) is 4.79 Å². The van der Waals surface area contributed by atoms with Crippen molar-refractivity contribution >= 4 is 122 Å². The molecule has 3 aliphatic heterocycles. The maximum atomic E-state index is 11.8. The molecule has 0 unspecified atom stereocenters. The molecule has 21 aromatic rings. The lowest BCUT2D eigenvalue weighted by atomic mass is 10.0. The summed E-state index contributed by atoms with van der Waals surface area (Å²) in [4.78, 5) is 99.1. The van der Waals surface area contributed by atoms with Crippen LogP contribution in [0.25, 0.3) is 184 Å². The number of pyridine rings is 8. The lowest BCUT2D eigenvalue weighted by Gasteiger charge is -2.33. The number of amides is 1. The van der Waals surface area contributed by atoms with E-state index in [0.29, 0.717) is 29.4 Å². The molecule has 1 saturated carbocycles. The lowest BCUT2D eigenvalue weighted by Crippen LogP contribution is -2.44. The Kier molecular flexibility index (Phi) is 25.2. The number of piperazine rings is 3. The van der Waals surface area contributed by atoms with E-state index in [1.54, 1.807) is 37.3 Å². The number of carbonyl (C=O) groups excluding carboxylic acids is 1. The van der Waals surface area contributed by atoms with Crippen molar-refractivity contribution in [2.24, 2.45) is 5.92 Å². The third-order valence-corrected chi connectivity index (χ3v) is 27.0. The third-order valence-electron chi connectivity index (χ3n) is 27.0. The van der Waals surface area contributed by atoms with E-state index in [1.807, 2.05) is 129 Å². The predicted molar refractivity (Wildman–Crippen MR) is 554 cm³/mol. The van der Waals surface area contributed by atoms with Gasteiger partial charge in [-0.25, -0.2) is 24.9 Å². The molecule has 4 aliphatic rings. The second kappa shape index (κ2) is 39.6. The van der Waals surface area contributed by atoms with Crippen molar-refractivity contribution in [1.82, 2.24) is 155 Å². The standard InChI is InChI=1S/C29H29N9.C26H27N9O.C26H29N9.C23H23N9/c1-18-16-38(17-33-18)26-15-32-14-25-28(26)35-29(34-25)27-23-9-21(6-7-24(23)36-37-27)22-8-20(12-31-13-22)11-30-10-19-4-2-3-5-19;1-3-23(36)29-18-10-17(12-27-13-18)16-4-5-20-19(11-16)24(33-32-20)26-30-21-14-28-15-22(25(21)31-26)35-8-6-34(2)7-9-35;1-3-27-12-17-10-19(14-28-13-17)18-4-5-21-20(11-18)24(33-32-21)26-30-22-15-29-16-23(25(22)31-26)35-8-6-34(2)7-9-35;1-31-4-6-32(7-5-31)20-13-26-12-19-22(20)28-23(27-19)21-17-9-14(2-3-18(17)29-30-21)15-8-16(24)11-25-10-15/h6-9,12-17,19,30H,2-5,10-11H2,1H3,(H,34,35)(H,36,37);4-5,10-15H,3,6-9H2,1-2H3,(H,29,36)(H,30,31)(H,32,33);4-5,10-11,13-16,27H,3,6-9,12H2,1-2H3,(H,30,31)(H,32,33);2-3,8-13H,4-7,24H2,1H3,(H,27,28)(H,29,30). The molecule has 20 heterocycles. The smallest absolute Gasteiger partial charge is 0.224 e. The molecule has 0 bridgehead atoms. The number of H-pyrrole nitrogens is 8. The lowest BCUT2D eigenvalue weighted by molar-refractivity contribution is -0.115. The molecule has 4 aromatic carbocycles. The zero-order chi connectivity index (χ0) is 95.6. The van der Waals surface area contributed by atoms with Crippen molar-refractivity contribution in [2.45, 2.75) is 66.0 Å². The molecule has 1 amide bonds. The summed E-state index contributed by atoms with van der Waals surface area (Å²) in [5.41, 5.74) is 36.8. The number of aryl methyl sites for hydroxylation is 1. The molecule has 37 nitrogen and oxygen atoms in total. The van der Waals surface area contributed by atoms with Crippen LogP contribution in [0.15, 0.2) is 209 Å². The Morgan fingerprint density at radius 3 is 1.11 bits per heavy atom. The predicted octanol–water partition coefficient (Wildman–Crippen LogP) is 15.3. The van der Waals surface area contributed by atoms with Gasteiger partial charge in [0.25, 0.3) is 0 Å². The zero-order valence-corrected chi connectivity index (χ0v) is 79.3. The van der Waals surface area contributed by atoms with Gasteiger partial charge in [0.15, 0.2) is 23.3 Å². The first-order valence-corrected chi connectivity index (χ1v) is 48.0. The quantitative estimate of drug-likeness (QED) is 0.0318. The number of carbonyl (C=O) groups is 1. The van der Waals surface area contributed by atoms with Crippen LogP contribution in [0.5, 0.6) is 0 Å². The number of nitrogens with two attached hydrogens (primary N) is 1. The topological polar surface area (TPSA) is 449 Å². The highest BCUT2D eigenvalue weighted by atomic mass is 16.1. The maximum absolute atomic E-state index is 11.8. The minimum atomic E-state index is -0.0446. The summed E-state index contributed by atoms with van der Waals surface area (Å²) in [6, 6.07) is 33.2. The second-order valence-electron chi connectivity index (χ2n) is 36.8. The van der Waals surface area contributed by atoms with Gasteiger partial charge in [0.2, 0.25) is 5.91 Å². The SMILES string of the molecule is CCC(=O)Nc1cncc(-c2ccc3[nH]nc(-c4nc5c(N6CCN(C)CC6)cncc5[nH]4)c3c2)c1.CCNCc1cncc(-c2ccc3[nH]nc(-c4nc5c(N6CCN(C)CC6)cncc5[nH]4)c3c2)c1.CN1CCN(c2cncc3[nH]c(-c4n[nH]c5ccc(-c6cncc(N)c6)cc45)nc23)CC1.Cc1cn(-c2cncc3[nH]c(-c4n[nH]c5ccc(-c6cncc(CNCC7CCCC7)c6)cc45)nc23)cn1. The van der Waals surface area contributed by atoms with Crippen molar-refractivity contribution in [3.8, 4) is 96.3 Å². The number of hydrogen-bond acceptors (Lipinski definition) is 27. The Labute approximate surface area is 810 Å². The summed E-state index contributed by atoms with van der Waals surface area (Å²) in [5, 5.41) is 44.8. The zero-order valence-electron chi connectivity index (χ0n) is 79.3. The van der Waals surface area contributed by atoms with Crippen LogP contribution in [-0.4, -0.2) is 263 Å². The molecule has 3 saturated heterocycles. The average molecular weight is 1880 g/mol. The fourth-order valence-electron chi connectivity index (χ4n) is 19.1. The van der Waals surface area contributed by atoms with Crippen molar-refractivity contribution in [2.75, 3.05) is 139 Å². The van der Waals surface area contributed by atoms with Crippen LogP contribution in [0, 0.1) is 12.8 Å². The third kappa shape index (κ3) is 19.0. The van der Waals surface area contributed by atoms with Crippen molar-refractivity contribution in [3.63, 3.8) is 0 Å². The highest BCUT2D eigenvalue weighted by Crippen LogP contribution is 2.40. The monoisotopic (exact) mass is 1880 g/mol. The number of rotatable bonds is 21. The van der Waals surface area contributed by atoms with Gasteiger partial charge in [0.05, 0.1) is 146 Å². The molecule has 1 aliphatic carbocycles. The molecule has 25 rings (SSSR count). The fourth-order valence-corrected chi connectivity index (χ4v) is 19.1. The van der Waals surface area contributed by atoms with Gasteiger partial charge in [-0.05, 0) is 166 Å². The Balaban J connectivity index is 0.000000108. The fraction of sp³-hybridized carbons (Fsp3) is 0.269. The molecule has 0 radical (unpaired) electrons. The Morgan fingerprint density at radius 1 is 0.383 bits per heavy atom. The van der Waals surface area contributed by atoms with Gasteiger partial charge >= 0.3 is 0 Å². The number of hydrogen-bond donors (Lipinski definition) is 12. The van der Waals surface area contributed by atoms with Crippen molar-refractivity contribution < 1.29 is 4.79 Å². The van der Waals surface area contributed by atoms with Gasteiger partial charge in [0, 0.05) is 191 Å². The van der Waals surface area contributed by atoms with Crippen LogP contribution in [-0.2, 0) is 17.9 Å². The van der Waals surface area contributed by atoms with Crippen LogP contribution in [0.4, 0.5) is 28.4 Å². The summed E-state index contributed by atoms with van der Waals surface area (Å²) in [7, 11) is 6.46. The Bertz CT molecular complexity index is 8080. The van der Waals surface area contributed by atoms with Gasteiger partial charge in [-0.1, -0.05) is 51.0 Å². The summed E-state index contributed by atoms with van der Waals surface area (Å²) in [6.45, 7) is 21.4. The van der Waals surface area contributed by atoms with E-state index in [0.717, 1.165) is 311 Å². The Hall–Kier alpha value is -16.5. The molecule has 13 N–H and O–H groups in total. The largest absolute Gasteiger partial charge is 0.397 e. The number of nitrogen functional groups attached to an aromatic ring is 1. The average Bonchev–Trinajstić information content (AvgIpc) is 1.65. The first-order valence-electron chi connectivity index (χ1n) is 48.0. The van der Waals surface area contributed by atoms with Crippen LogP contribution in [0.2, 0.25) is 0 Å². The highest BCUT2D eigenvalue weighted by Gasteiger charge is 2.28. The molecular formula is C104H108N36O. The summed E-state index contributed by atoms with van der Waals surface area (Å²) >= 11 is 0. The first kappa shape index (κ1) is 89.7. The number of benzene rings is 4. The Morgan fingerprint density at radius 2 is 0.738 bits per heavy atom. The summed E-state index contributed by atoms with van der Waals surface area (Å²) < 4.78 is 1.94. The normalized spacial score (nSPS) is 14.7. The number of fused-ring (bicyclic) bond motifs is 8. The van der Waals surface area contributed by atoms with Crippen molar-refractivity contribution in [1.29, 1.82) is 0 Å². The van der Waals surface area contributed by atoms with Crippen molar-refractivity contribution in [3.05, 3.63) is 226 Å². The van der Waals surface area contributed by atoms with Crippen LogP contribution >= 0.6 is 0 Å². The first-order chi connectivity index (χ1) is 69.1. The molecule has 141 heavy (non-hydrogen) atoms. The molecule has 17 aromatic heterocycles. The molecule has 0 spiro atoms. The number of aromatic nitrogens is 26. The van der Waals surface area contributed by atoms with Gasteiger partial charge in [-0.15, -0.1) is 0 Å². The molecule has 37 heteroatoms. The molecule has 0 atom stereocenters. The van der Waals surface area contributed by atoms with Gasteiger partial charge < -0.3 is 75.6 Å².